The first-order valence-electron chi connectivity index (χ1n) is 8.81. The minimum atomic E-state index is -3.50. The summed E-state index contributed by atoms with van der Waals surface area (Å²) in [7, 11) is -0.539. The van der Waals surface area contributed by atoms with Crippen molar-refractivity contribution in [3.8, 4) is 0 Å². The van der Waals surface area contributed by atoms with E-state index in [4.69, 9.17) is 11.6 Å². The van der Waals surface area contributed by atoms with E-state index >= 15 is 0 Å². The molecule has 1 aromatic carbocycles. The van der Waals surface area contributed by atoms with Gasteiger partial charge in [-0.1, -0.05) is 17.7 Å². The number of hydrogen-bond donors (Lipinski definition) is 1. The second kappa shape index (κ2) is 8.80. The molecule has 1 aliphatic heterocycles. The number of carbonyl (C=O) groups is 2. The van der Waals surface area contributed by atoms with Gasteiger partial charge in [-0.3, -0.25) is 9.59 Å². The van der Waals surface area contributed by atoms with E-state index in [1.165, 1.54) is 29.7 Å². The number of carbonyl (C=O) groups excluding carboxylic acids is 2. The van der Waals surface area contributed by atoms with Crippen LogP contribution in [0.15, 0.2) is 35.7 Å². The molecule has 2 amide bonds. The third-order valence-corrected chi connectivity index (χ3v) is 7.66. The fraction of sp³-hybridized carbons (Fsp3) is 0.333. The highest BCUT2D eigenvalue weighted by Gasteiger charge is 2.30. The molecule has 156 valence electrons. The van der Waals surface area contributed by atoms with Crippen LogP contribution < -0.4 is 5.32 Å². The Bertz CT molecular complexity index is 1000. The van der Waals surface area contributed by atoms with Gasteiger partial charge in [0.15, 0.2) is 0 Å². The average Bonchev–Trinajstić information content (AvgIpc) is 3.24. The van der Waals surface area contributed by atoms with Crippen molar-refractivity contribution < 1.29 is 18.0 Å². The molecule has 2 heterocycles. The first-order chi connectivity index (χ1) is 13.7. The summed E-state index contributed by atoms with van der Waals surface area (Å²) in [4.78, 5) is 27.3. The van der Waals surface area contributed by atoms with Crippen LogP contribution in [0.4, 0.5) is 5.69 Å². The fourth-order valence-corrected chi connectivity index (χ4v) is 4.75. The summed E-state index contributed by atoms with van der Waals surface area (Å²) in [6.07, 6.45) is 0. The van der Waals surface area contributed by atoms with Crippen LogP contribution in [-0.4, -0.2) is 74.0 Å². The summed E-state index contributed by atoms with van der Waals surface area (Å²) in [6, 6.07) is 8.17. The van der Waals surface area contributed by atoms with Gasteiger partial charge in [0, 0.05) is 45.8 Å². The Labute approximate surface area is 178 Å². The maximum Gasteiger partial charge on any atom is 0.281 e. The Balaban J connectivity index is 1.70. The molecule has 3 rings (SSSR count). The summed E-state index contributed by atoms with van der Waals surface area (Å²) in [5.41, 5.74) is 0.726. The number of piperazine rings is 1. The number of anilines is 1. The van der Waals surface area contributed by atoms with Crippen molar-refractivity contribution in [3.63, 3.8) is 0 Å². The number of nitrogens with zero attached hydrogens (tertiary/aromatic N) is 3. The van der Waals surface area contributed by atoms with E-state index in [1.807, 2.05) is 0 Å². The Morgan fingerprint density at radius 2 is 1.83 bits per heavy atom. The van der Waals surface area contributed by atoms with Crippen LogP contribution in [0.25, 0.3) is 0 Å². The van der Waals surface area contributed by atoms with E-state index < -0.39 is 10.2 Å². The SMILES string of the molecule is CN(C)S(=O)(=O)N1CCN(C(=O)c2ccc(Cl)c(NC(=O)c3cccs3)c2)CC1. The van der Waals surface area contributed by atoms with Gasteiger partial charge in [0.05, 0.1) is 15.6 Å². The van der Waals surface area contributed by atoms with Gasteiger partial charge < -0.3 is 10.2 Å². The van der Waals surface area contributed by atoms with Crippen LogP contribution in [0.5, 0.6) is 0 Å². The van der Waals surface area contributed by atoms with Crippen molar-refractivity contribution in [1.82, 2.24) is 13.5 Å². The second-order valence-electron chi connectivity index (χ2n) is 6.61. The lowest BCUT2D eigenvalue weighted by molar-refractivity contribution is 0.0695. The molecular weight excluding hydrogens is 436 g/mol. The molecule has 1 N–H and O–H groups in total. The normalized spacial score (nSPS) is 15.5. The lowest BCUT2D eigenvalue weighted by Crippen LogP contribution is -2.53. The van der Waals surface area contributed by atoms with Gasteiger partial charge in [-0.15, -0.1) is 11.3 Å². The van der Waals surface area contributed by atoms with Crippen LogP contribution in [0.3, 0.4) is 0 Å². The Morgan fingerprint density at radius 3 is 2.41 bits per heavy atom. The van der Waals surface area contributed by atoms with Gasteiger partial charge in [-0.05, 0) is 29.6 Å². The van der Waals surface area contributed by atoms with Gasteiger partial charge in [0.2, 0.25) is 0 Å². The standard InChI is InChI=1S/C18H21ClN4O4S2/c1-21(2)29(26,27)23-9-7-22(8-10-23)18(25)13-5-6-14(19)15(12-13)20-17(24)16-4-3-11-28-16/h3-6,11-12H,7-10H2,1-2H3,(H,20,24). The Hall–Kier alpha value is -1.98. The molecule has 11 heteroatoms. The van der Waals surface area contributed by atoms with E-state index in [1.54, 1.807) is 40.6 Å². The third kappa shape index (κ3) is 4.78. The smallest absolute Gasteiger partial charge is 0.281 e. The number of halogens is 1. The molecule has 1 saturated heterocycles. The van der Waals surface area contributed by atoms with Crippen molar-refractivity contribution in [3.05, 3.63) is 51.2 Å². The third-order valence-electron chi connectivity index (χ3n) is 4.52. The highest BCUT2D eigenvalue weighted by atomic mass is 35.5. The highest BCUT2D eigenvalue weighted by molar-refractivity contribution is 7.86. The summed E-state index contributed by atoms with van der Waals surface area (Å²) in [5, 5.41) is 4.85. The first kappa shape index (κ1) is 21.7. The van der Waals surface area contributed by atoms with E-state index in [2.05, 4.69) is 5.32 Å². The van der Waals surface area contributed by atoms with Crippen molar-refractivity contribution in [2.45, 2.75) is 0 Å². The molecule has 1 aliphatic rings. The largest absolute Gasteiger partial charge is 0.336 e. The van der Waals surface area contributed by atoms with Gasteiger partial charge in [0.1, 0.15) is 0 Å². The van der Waals surface area contributed by atoms with Crippen LogP contribution in [0, 0.1) is 0 Å². The molecule has 0 spiro atoms. The van der Waals surface area contributed by atoms with E-state index in [9.17, 15) is 18.0 Å². The molecule has 29 heavy (non-hydrogen) atoms. The van der Waals surface area contributed by atoms with Crippen molar-refractivity contribution in [2.75, 3.05) is 45.6 Å². The Morgan fingerprint density at radius 1 is 1.14 bits per heavy atom. The lowest BCUT2D eigenvalue weighted by atomic mass is 10.1. The second-order valence-corrected chi connectivity index (χ2v) is 10.1. The molecule has 8 nitrogen and oxygen atoms in total. The number of hydrogen-bond acceptors (Lipinski definition) is 5. The minimum absolute atomic E-state index is 0.224. The molecule has 1 aromatic heterocycles. The lowest BCUT2D eigenvalue weighted by Gasteiger charge is -2.35. The summed E-state index contributed by atoms with van der Waals surface area (Å²) < 4.78 is 26.9. The number of rotatable bonds is 5. The monoisotopic (exact) mass is 456 g/mol. The molecule has 0 unspecified atom stereocenters. The number of amides is 2. The molecule has 2 aromatic rings. The van der Waals surface area contributed by atoms with Gasteiger partial charge in [-0.2, -0.15) is 17.0 Å². The van der Waals surface area contributed by atoms with Crippen LogP contribution in [0.1, 0.15) is 20.0 Å². The number of thiophene rings is 1. The average molecular weight is 457 g/mol. The summed E-state index contributed by atoms with van der Waals surface area (Å²) >= 11 is 7.48. The van der Waals surface area contributed by atoms with Gasteiger partial charge in [-0.25, -0.2) is 0 Å². The summed E-state index contributed by atoms with van der Waals surface area (Å²) in [5.74, 6) is -0.538. The van der Waals surface area contributed by atoms with Crippen LogP contribution in [0.2, 0.25) is 5.02 Å². The van der Waals surface area contributed by atoms with E-state index in [0.717, 1.165) is 4.31 Å². The van der Waals surface area contributed by atoms with Crippen LogP contribution in [-0.2, 0) is 10.2 Å². The molecular formula is C18H21ClN4O4S2. The topological polar surface area (TPSA) is 90.0 Å². The van der Waals surface area contributed by atoms with E-state index in [0.29, 0.717) is 21.2 Å². The van der Waals surface area contributed by atoms with Gasteiger partial charge in [0.25, 0.3) is 22.0 Å². The molecule has 0 aliphatic carbocycles. The van der Waals surface area contributed by atoms with Crippen molar-refractivity contribution in [1.29, 1.82) is 0 Å². The van der Waals surface area contributed by atoms with Crippen molar-refractivity contribution >= 4 is 50.6 Å². The molecule has 0 atom stereocenters. The van der Waals surface area contributed by atoms with Crippen molar-refractivity contribution in [2.24, 2.45) is 0 Å². The predicted molar refractivity (Wildman–Crippen MR) is 114 cm³/mol. The quantitative estimate of drug-likeness (QED) is 0.746. The van der Waals surface area contributed by atoms with Crippen LogP contribution >= 0.6 is 22.9 Å². The molecule has 0 saturated carbocycles. The Kier molecular flexibility index (Phi) is 6.59. The highest BCUT2D eigenvalue weighted by Crippen LogP contribution is 2.25. The zero-order valence-corrected chi connectivity index (χ0v) is 18.4. The number of benzene rings is 1. The molecule has 1 fully saturated rings. The predicted octanol–water partition coefficient (Wildman–Crippen LogP) is 2.22. The summed E-state index contributed by atoms with van der Waals surface area (Å²) in [6.45, 7) is 1.01. The fourth-order valence-electron chi connectivity index (χ4n) is 2.88. The van der Waals surface area contributed by atoms with Gasteiger partial charge >= 0.3 is 0 Å². The zero-order chi connectivity index (χ0) is 21.2. The maximum atomic E-state index is 12.9. The maximum absolute atomic E-state index is 12.9. The molecule has 0 radical (unpaired) electrons. The first-order valence-corrected chi connectivity index (χ1v) is 11.5. The minimum Gasteiger partial charge on any atom is -0.336 e. The number of nitrogens with one attached hydrogen (secondary N) is 1. The molecule has 0 bridgehead atoms. The zero-order valence-electron chi connectivity index (χ0n) is 16.0. The van der Waals surface area contributed by atoms with E-state index in [-0.39, 0.29) is 38.0 Å².